The summed E-state index contributed by atoms with van der Waals surface area (Å²) in [5, 5.41) is 4.83. The van der Waals surface area contributed by atoms with Crippen LogP contribution >= 0.6 is 27.3 Å². The molecular formula is C17H19BrN2S. The Balaban J connectivity index is 1.95. The van der Waals surface area contributed by atoms with Crippen molar-refractivity contribution in [1.82, 2.24) is 9.88 Å². The molecule has 4 heteroatoms. The Morgan fingerprint density at radius 3 is 2.76 bits per heavy atom. The average molecular weight is 363 g/mol. The monoisotopic (exact) mass is 362 g/mol. The number of thiophene rings is 1. The molecule has 0 unspecified atom stereocenters. The van der Waals surface area contributed by atoms with E-state index in [1.807, 2.05) is 0 Å². The van der Waals surface area contributed by atoms with Crippen LogP contribution in [0.4, 0.5) is 0 Å². The Morgan fingerprint density at radius 2 is 2.05 bits per heavy atom. The van der Waals surface area contributed by atoms with Gasteiger partial charge in [0, 0.05) is 23.7 Å². The molecule has 0 atom stereocenters. The van der Waals surface area contributed by atoms with E-state index in [1.165, 1.54) is 25.1 Å². The first-order valence-corrected chi connectivity index (χ1v) is 8.79. The first-order chi connectivity index (χ1) is 10.1. The summed E-state index contributed by atoms with van der Waals surface area (Å²) in [6, 6.07) is 13.6. The molecule has 110 valence electrons. The molecule has 2 aromatic heterocycles. The molecule has 3 aromatic rings. The predicted octanol–water partition coefficient (Wildman–Crippen LogP) is 5.01. The second-order valence-corrected chi connectivity index (χ2v) is 8.09. The van der Waals surface area contributed by atoms with Crippen molar-refractivity contribution in [3.63, 3.8) is 0 Å². The van der Waals surface area contributed by atoms with Crippen LogP contribution in [-0.4, -0.2) is 10.6 Å². The van der Waals surface area contributed by atoms with Gasteiger partial charge in [-0.15, -0.1) is 11.3 Å². The van der Waals surface area contributed by atoms with E-state index in [0.29, 0.717) is 6.04 Å². The van der Waals surface area contributed by atoms with Crippen LogP contribution < -0.4 is 5.32 Å². The van der Waals surface area contributed by atoms with Gasteiger partial charge in [0.05, 0.1) is 15.8 Å². The normalized spacial score (nSPS) is 11.6. The van der Waals surface area contributed by atoms with Crippen molar-refractivity contribution in [2.24, 2.45) is 0 Å². The molecule has 0 spiro atoms. The molecule has 1 N–H and O–H groups in total. The van der Waals surface area contributed by atoms with Gasteiger partial charge >= 0.3 is 0 Å². The van der Waals surface area contributed by atoms with E-state index >= 15 is 0 Å². The number of benzene rings is 1. The van der Waals surface area contributed by atoms with Gasteiger partial charge in [-0.3, -0.25) is 0 Å². The summed E-state index contributed by atoms with van der Waals surface area (Å²) >= 11 is 5.34. The van der Waals surface area contributed by atoms with Gasteiger partial charge in [0.1, 0.15) is 0 Å². The van der Waals surface area contributed by atoms with Crippen molar-refractivity contribution in [3.05, 3.63) is 56.8 Å². The Bertz CT molecular complexity index is 742. The molecule has 2 heterocycles. The number of halogens is 1. The summed E-state index contributed by atoms with van der Waals surface area (Å²) in [7, 11) is 0. The third-order valence-electron chi connectivity index (χ3n) is 3.53. The average Bonchev–Trinajstić information content (AvgIpc) is 3.04. The summed E-state index contributed by atoms with van der Waals surface area (Å²) in [6.45, 7) is 6.20. The van der Waals surface area contributed by atoms with Gasteiger partial charge in [-0.25, -0.2) is 0 Å². The smallest absolute Gasteiger partial charge is 0.0702 e. The lowest BCUT2D eigenvalue weighted by Gasteiger charge is -2.12. The molecule has 0 fully saturated rings. The van der Waals surface area contributed by atoms with Crippen molar-refractivity contribution in [3.8, 4) is 0 Å². The maximum absolute atomic E-state index is 3.54. The molecule has 21 heavy (non-hydrogen) atoms. The third kappa shape index (κ3) is 3.39. The maximum Gasteiger partial charge on any atom is 0.0702 e. The van der Waals surface area contributed by atoms with Gasteiger partial charge in [0.25, 0.3) is 0 Å². The summed E-state index contributed by atoms with van der Waals surface area (Å²) < 4.78 is 3.54. The minimum Gasteiger partial charge on any atom is -0.342 e. The van der Waals surface area contributed by atoms with Crippen LogP contribution in [0.25, 0.3) is 10.9 Å². The van der Waals surface area contributed by atoms with Crippen molar-refractivity contribution in [1.29, 1.82) is 0 Å². The lowest BCUT2D eigenvalue weighted by atomic mass is 10.1. The van der Waals surface area contributed by atoms with E-state index in [1.54, 1.807) is 11.3 Å². The minimum absolute atomic E-state index is 0.497. The van der Waals surface area contributed by atoms with Crippen LogP contribution in [0.1, 0.15) is 24.3 Å². The maximum atomic E-state index is 3.54. The van der Waals surface area contributed by atoms with Crippen molar-refractivity contribution in [2.45, 2.75) is 33.0 Å². The van der Waals surface area contributed by atoms with E-state index in [4.69, 9.17) is 0 Å². The van der Waals surface area contributed by atoms with Crippen LogP contribution in [0, 0.1) is 0 Å². The minimum atomic E-state index is 0.497. The predicted molar refractivity (Wildman–Crippen MR) is 95.0 cm³/mol. The second kappa shape index (κ2) is 6.34. The summed E-state index contributed by atoms with van der Waals surface area (Å²) in [5.74, 6) is 0. The van der Waals surface area contributed by atoms with Gasteiger partial charge in [0.15, 0.2) is 0 Å². The van der Waals surface area contributed by atoms with Crippen LogP contribution in [0.5, 0.6) is 0 Å². The highest BCUT2D eigenvalue weighted by atomic mass is 79.9. The van der Waals surface area contributed by atoms with Crippen molar-refractivity contribution < 1.29 is 0 Å². The molecule has 0 aliphatic rings. The molecule has 3 rings (SSSR count). The summed E-state index contributed by atoms with van der Waals surface area (Å²) in [4.78, 5) is 1.37. The van der Waals surface area contributed by atoms with Crippen LogP contribution in [-0.2, 0) is 13.1 Å². The first kappa shape index (κ1) is 14.8. The Morgan fingerprint density at radius 1 is 1.19 bits per heavy atom. The van der Waals surface area contributed by atoms with Gasteiger partial charge in [0.2, 0.25) is 0 Å². The standard InChI is InChI=1S/C17H19BrN2S/c1-12(2)19-10-14-5-3-4-13-8-9-20(17(13)14)11-15-6-7-16(18)21-15/h3-9,12,19H,10-11H2,1-2H3. The van der Waals surface area contributed by atoms with Gasteiger partial charge in [-0.05, 0) is 45.1 Å². The molecule has 0 amide bonds. The lowest BCUT2D eigenvalue weighted by molar-refractivity contribution is 0.589. The quantitative estimate of drug-likeness (QED) is 0.674. The number of hydrogen-bond donors (Lipinski definition) is 1. The fourth-order valence-electron chi connectivity index (χ4n) is 2.53. The molecule has 0 aliphatic heterocycles. The molecule has 1 aromatic carbocycles. The molecule has 0 saturated carbocycles. The molecule has 0 radical (unpaired) electrons. The third-order valence-corrected chi connectivity index (χ3v) is 5.14. The van der Waals surface area contributed by atoms with Crippen LogP contribution in [0.2, 0.25) is 0 Å². The fourth-order valence-corrected chi connectivity index (χ4v) is 4.02. The van der Waals surface area contributed by atoms with Crippen LogP contribution in [0.15, 0.2) is 46.4 Å². The zero-order valence-corrected chi connectivity index (χ0v) is 14.7. The van der Waals surface area contributed by atoms with Crippen molar-refractivity contribution in [2.75, 3.05) is 0 Å². The summed E-state index contributed by atoms with van der Waals surface area (Å²) in [5.41, 5.74) is 2.71. The van der Waals surface area contributed by atoms with E-state index in [-0.39, 0.29) is 0 Å². The number of nitrogens with one attached hydrogen (secondary N) is 1. The Hall–Kier alpha value is -1.10. The second-order valence-electron chi connectivity index (χ2n) is 5.54. The van der Waals surface area contributed by atoms with Crippen molar-refractivity contribution >= 4 is 38.2 Å². The number of hydrogen-bond acceptors (Lipinski definition) is 2. The molecule has 0 bridgehead atoms. The number of rotatable bonds is 5. The number of nitrogens with zero attached hydrogens (tertiary/aromatic N) is 1. The van der Waals surface area contributed by atoms with Gasteiger partial charge in [-0.1, -0.05) is 32.0 Å². The highest BCUT2D eigenvalue weighted by Gasteiger charge is 2.08. The van der Waals surface area contributed by atoms with E-state index in [9.17, 15) is 0 Å². The number of aromatic nitrogens is 1. The number of para-hydroxylation sites is 1. The molecule has 0 aliphatic carbocycles. The molecule has 0 saturated heterocycles. The van der Waals surface area contributed by atoms with Crippen LogP contribution in [0.3, 0.4) is 0 Å². The zero-order valence-electron chi connectivity index (χ0n) is 12.3. The lowest BCUT2D eigenvalue weighted by Crippen LogP contribution is -2.22. The van der Waals surface area contributed by atoms with E-state index in [2.05, 4.69) is 82.3 Å². The highest BCUT2D eigenvalue weighted by molar-refractivity contribution is 9.11. The molecular weight excluding hydrogens is 344 g/mol. The first-order valence-electron chi connectivity index (χ1n) is 7.18. The number of fused-ring (bicyclic) bond motifs is 1. The topological polar surface area (TPSA) is 17.0 Å². The SMILES string of the molecule is CC(C)NCc1cccc2ccn(Cc3ccc(Br)s3)c12. The van der Waals surface area contributed by atoms with E-state index < -0.39 is 0 Å². The van der Waals surface area contributed by atoms with Gasteiger partial charge < -0.3 is 9.88 Å². The van der Waals surface area contributed by atoms with Gasteiger partial charge in [-0.2, -0.15) is 0 Å². The molecule has 2 nitrogen and oxygen atoms in total. The summed E-state index contributed by atoms with van der Waals surface area (Å²) in [6.07, 6.45) is 2.19. The fraction of sp³-hybridized carbons (Fsp3) is 0.294. The zero-order chi connectivity index (χ0) is 14.8. The van der Waals surface area contributed by atoms with E-state index in [0.717, 1.165) is 13.1 Å². The Kier molecular flexibility index (Phi) is 4.48. The Labute approximate surface area is 137 Å². The largest absolute Gasteiger partial charge is 0.342 e. The highest BCUT2D eigenvalue weighted by Crippen LogP contribution is 2.26.